The van der Waals surface area contributed by atoms with Crippen LogP contribution in [0.4, 0.5) is 0 Å². The molecule has 0 saturated heterocycles. The van der Waals surface area contributed by atoms with Crippen LogP contribution in [0.3, 0.4) is 0 Å². The van der Waals surface area contributed by atoms with Gasteiger partial charge in [-0.3, -0.25) is 0 Å². The molecule has 0 aliphatic rings. The van der Waals surface area contributed by atoms with E-state index in [9.17, 15) is 4.79 Å². The Bertz CT molecular complexity index is 462. The SMILES string of the molecule is COC(=O)/C(=C/c1ccc(Br)cc1)CSC#N. The van der Waals surface area contributed by atoms with Gasteiger partial charge < -0.3 is 4.74 Å². The minimum atomic E-state index is -0.407. The molecule has 1 aromatic carbocycles. The maximum absolute atomic E-state index is 11.5. The van der Waals surface area contributed by atoms with Gasteiger partial charge in [-0.25, -0.2) is 4.79 Å². The molecular weight excluding hydrogens is 302 g/mol. The highest BCUT2D eigenvalue weighted by Crippen LogP contribution is 2.16. The minimum Gasteiger partial charge on any atom is -0.466 e. The number of halogens is 1. The van der Waals surface area contributed by atoms with Crippen molar-refractivity contribution in [2.45, 2.75) is 0 Å². The Kier molecular flexibility index (Phi) is 5.81. The summed E-state index contributed by atoms with van der Waals surface area (Å²) < 4.78 is 5.64. The van der Waals surface area contributed by atoms with Crippen LogP contribution >= 0.6 is 27.7 Å². The van der Waals surface area contributed by atoms with Crippen LogP contribution in [0.1, 0.15) is 5.56 Å². The van der Waals surface area contributed by atoms with E-state index in [4.69, 9.17) is 5.26 Å². The molecule has 1 aromatic rings. The van der Waals surface area contributed by atoms with Crippen molar-refractivity contribution >= 4 is 39.7 Å². The number of hydrogen-bond donors (Lipinski definition) is 0. The van der Waals surface area contributed by atoms with Gasteiger partial charge in [0.1, 0.15) is 5.40 Å². The maximum atomic E-state index is 11.5. The lowest BCUT2D eigenvalue weighted by Crippen LogP contribution is -2.06. The van der Waals surface area contributed by atoms with Crippen LogP contribution in [-0.2, 0) is 9.53 Å². The van der Waals surface area contributed by atoms with E-state index in [1.807, 2.05) is 29.7 Å². The van der Waals surface area contributed by atoms with Gasteiger partial charge in [-0.1, -0.05) is 28.1 Å². The highest BCUT2D eigenvalue weighted by Gasteiger charge is 2.09. The predicted octanol–water partition coefficient (Wildman–Crippen LogP) is 3.22. The molecule has 0 amide bonds. The first-order valence-electron chi connectivity index (χ1n) is 4.72. The summed E-state index contributed by atoms with van der Waals surface area (Å²) >= 11 is 4.35. The molecule has 0 heterocycles. The lowest BCUT2D eigenvalue weighted by Gasteiger charge is -2.03. The summed E-state index contributed by atoms with van der Waals surface area (Å²) in [5.74, 6) is -0.0881. The fourth-order valence-corrected chi connectivity index (χ4v) is 1.85. The predicted molar refractivity (Wildman–Crippen MR) is 72.2 cm³/mol. The van der Waals surface area contributed by atoms with E-state index in [0.717, 1.165) is 21.8 Å². The van der Waals surface area contributed by atoms with E-state index >= 15 is 0 Å². The van der Waals surface area contributed by atoms with Crippen molar-refractivity contribution in [3.63, 3.8) is 0 Å². The smallest absolute Gasteiger partial charge is 0.334 e. The maximum Gasteiger partial charge on any atom is 0.334 e. The number of methoxy groups -OCH3 is 1. The molecule has 17 heavy (non-hydrogen) atoms. The van der Waals surface area contributed by atoms with Crippen molar-refractivity contribution in [3.05, 3.63) is 39.9 Å². The number of thioether (sulfide) groups is 1. The van der Waals surface area contributed by atoms with Crippen LogP contribution in [0.15, 0.2) is 34.3 Å². The van der Waals surface area contributed by atoms with Crippen LogP contribution in [0.2, 0.25) is 0 Å². The third-order valence-electron chi connectivity index (χ3n) is 1.95. The van der Waals surface area contributed by atoms with E-state index in [1.54, 1.807) is 6.08 Å². The summed E-state index contributed by atoms with van der Waals surface area (Å²) in [5.41, 5.74) is 1.37. The van der Waals surface area contributed by atoms with Gasteiger partial charge in [0.15, 0.2) is 0 Å². The number of carbonyl (C=O) groups excluding carboxylic acids is 1. The van der Waals surface area contributed by atoms with Crippen molar-refractivity contribution in [1.82, 2.24) is 0 Å². The van der Waals surface area contributed by atoms with E-state index in [-0.39, 0.29) is 0 Å². The summed E-state index contributed by atoms with van der Waals surface area (Å²) in [5, 5.41) is 10.4. The van der Waals surface area contributed by atoms with E-state index in [0.29, 0.717) is 11.3 Å². The fraction of sp³-hybridized carbons (Fsp3) is 0.167. The molecule has 0 unspecified atom stereocenters. The third-order valence-corrected chi connectivity index (χ3v) is 3.06. The Morgan fingerprint density at radius 2 is 2.18 bits per heavy atom. The molecule has 3 nitrogen and oxygen atoms in total. The normalized spacial score (nSPS) is 10.8. The zero-order valence-electron chi connectivity index (χ0n) is 9.14. The fourth-order valence-electron chi connectivity index (χ4n) is 1.16. The average molecular weight is 312 g/mol. The van der Waals surface area contributed by atoms with Crippen LogP contribution in [0.5, 0.6) is 0 Å². The monoisotopic (exact) mass is 311 g/mol. The number of thiocyanates is 1. The zero-order chi connectivity index (χ0) is 12.7. The first-order valence-corrected chi connectivity index (χ1v) is 6.50. The second-order valence-corrected chi connectivity index (χ2v) is 4.77. The molecule has 0 bridgehead atoms. The van der Waals surface area contributed by atoms with Gasteiger partial charge in [-0.05, 0) is 35.5 Å². The quantitative estimate of drug-likeness (QED) is 0.486. The summed E-state index contributed by atoms with van der Waals surface area (Å²) in [6.07, 6.45) is 1.72. The standard InChI is InChI=1S/C12H10BrNO2S/c1-16-12(15)10(7-17-8-14)6-9-2-4-11(13)5-3-9/h2-6H,7H2,1H3/b10-6+. The zero-order valence-corrected chi connectivity index (χ0v) is 11.5. The molecule has 1 rings (SSSR count). The molecule has 0 N–H and O–H groups in total. The van der Waals surface area contributed by atoms with Crippen molar-refractivity contribution < 1.29 is 9.53 Å². The molecule has 0 atom stereocenters. The Labute approximate surface area is 113 Å². The van der Waals surface area contributed by atoms with Crippen LogP contribution in [-0.4, -0.2) is 18.8 Å². The number of benzene rings is 1. The number of nitrogens with zero attached hydrogens (tertiary/aromatic N) is 1. The number of rotatable bonds is 4. The first kappa shape index (κ1) is 13.8. The Morgan fingerprint density at radius 1 is 1.53 bits per heavy atom. The molecule has 0 aliphatic heterocycles. The number of ether oxygens (including phenoxy) is 1. The molecule has 0 aromatic heterocycles. The average Bonchev–Trinajstić information content (AvgIpc) is 2.36. The summed E-state index contributed by atoms with van der Waals surface area (Å²) in [4.78, 5) is 11.5. The van der Waals surface area contributed by atoms with E-state index < -0.39 is 5.97 Å². The molecule has 0 spiro atoms. The van der Waals surface area contributed by atoms with Crippen LogP contribution < -0.4 is 0 Å². The second kappa shape index (κ2) is 7.15. The minimum absolute atomic E-state index is 0.319. The molecule has 88 valence electrons. The van der Waals surface area contributed by atoms with Gasteiger partial charge in [-0.2, -0.15) is 5.26 Å². The van der Waals surface area contributed by atoms with Crippen molar-refractivity contribution in [1.29, 1.82) is 5.26 Å². The summed E-state index contributed by atoms with van der Waals surface area (Å²) in [7, 11) is 1.33. The Balaban J connectivity index is 2.92. The largest absolute Gasteiger partial charge is 0.466 e. The highest BCUT2D eigenvalue weighted by molar-refractivity contribution is 9.10. The number of esters is 1. The number of carbonyl (C=O) groups is 1. The van der Waals surface area contributed by atoms with Gasteiger partial charge in [0.2, 0.25) is 0 Å². The highest BCUT2D eigenvalue weighted by atomic mass is 79.9. The van der Waals surface area contributed by atoms with E-state index in [1.165, 1.54) is 7.11 Å². The molecule has 0 fully saturated rings. The second-order valence-electron chi connectivity index (χ2n) is 3.09. The van der Waals surface area contributed by atoms with Gasteiger partial charge in [-0.15, -0.1) is 0 Å². The van der Waals surface area contributed by atoms with E-state index in [2.05, 4.69) is 20.7 Å². The van der Waals surface area contributed by atoms with Gasteiger partial charge in [0.25, 0.3) is 0 Å². The van der Waals surface area contributed by atoms with Gasteiger partial charge in [0.05, 0.1) is 7.11 Å². The van der Waals surface area contributed by atoms with Gasteiger partial charge >= 0.3 is 5.97 Å². The van der Waals surface area contributed by atoms with Crippen LogP contribution in [0, 0.1) is 10.7 Å². The Morgan fingerprint density at radius 3 is 2.71 bits per heavy atom. The topological polar surface area (TPSA) is 50.1 Å². The lowest BCUT2D eigenvalue weighted by atomic mass is 10.1. The number of nitriles is 1. The third kappa shape index (κ3) is 4.63. The van der Waals surface area contributed by atoms with Crippen molar-refractivity contribution in [3.8, 4) is 5.40 Å². The van der Waals surface area contributed by atoms with Gasteiger partial charge in [0, 0.05) is 15.8 Å². The molecule has 0 aliphatic carbocycles. The summed E-state index contributed by atoms with van der Waals surface area (Å²) in [6.45, 7) is 0. The number of hydrogen-bond acceptors (Lipinski definition) is 4. The molecular formula is C12H10BrNO2S. The Hall–Kier alpha value is -1.25. The molecule has 0 radical (unpaired) electrons. The van der Waals surface area contributed by atoms with Crippen LogP contribution in [0.25, 0.3) is 6.08 Å². The van der Waals surface area contributed by atoms with Crippen molar-refractivity contribution in [2.75, 3.05) is 12.9 Å². The molecule has 0 saturated carbocycles. The first-order chi connectivity index (χ1) is 8.17. The summed E-state index contributed by atoms with van der Waals surface area (Å²) in [6, 6.07) is 7.53. The van der Waals surface area contributed by atoms with Crippen molar-refractivity contribution in [2.24, 2.45) is 0 Å². The lowest BCUT2D eigenvalue weighted by molar-refractivity contribution is -0.135. The molecule has 5 heteroatoms.